The minimum atomic E-state index is -0.233. The van der Waals surface area contributed by atoms with Crippen molar-refractivity contribution in [3.05, 3.63) is 17.0 Å². The Kier molecular flexibility index (Phi) is 1.80. The van der Waals surface area contributed by atoms with Crippen LogP contribution in [0.2, 0.25) is 0 Å². The number of hydrogen-bond acceptors (Lipinski definition) is 2. The number of aryl methyl sites for hydroxylation is 2. The minimum absolute atomic E-state index is 0.233. The largest absolute Gasteiger partial charge is 0.282 e. The molecule has 4 heteroatoms. The van der Waals surface area contributed by atoms with Crippen LogP contribution in [0, 0.1) is 13.8 Å². The molecule has 0 aliphatic carbocycles. The Morgan fingerprint density at radius 3 is 2.40 bits per heavy atom. The van der Waals surface area contributed by atoms with E-state index in [-0.39, 0.29) is 5.12 Å². The van der Waals surface area contributed by atoms with Crippen molar-refractivity contribution in [3.8, 4) is 0 Å². The molecular formula is C6H8N2OS. The lowest BCUT2D eigenvalue weighted by atomic mass is 10.2. The second-order valence-corrected chi connectivity index (χ2v) is 2.52. The van der Waals surface area contributed by atoms with Crippen LogP contribution in [0.15, 0.2) is 0 Å². The first-order chi connectivity index (χ1) is 4.63. The lowest BCUT2D eigenvalue weighted by Gasteiger charge is -1.89. The summed E-state index contributed by atoms with van der Waals surface area (Å²) in [5, 5.41) is 6.31. The Hall–Kier alpha value is -0.770. The third kappa shape index (κ3) is 1.07. The molecule has 0 fully saturated rings. The standard InChI is InChI=1S/C6H8N2OS/c1-3-5(6(9)10)4(2)8-7-3/h1-2H3,(H,7,8)(H,9,10). The Bertz CT molecular complexity index is 247. The average Bonchev–Trinajstić information content (AvgIpc) is 2.11. The zero-order chi connectivity index (χ0) is 7.72. The molecule has 0 aromatic carbocycles. The first kappa shape index (κ1) is 7.34. The molecule has 0 unspecified atom stereocenters. The fourth-order valence-corrected chi connectivity index (χ4v) is 1.20. The molecule has 0 radical (unpaired) electrons. The molecule has 3 nitrogen and oxygen atoms in total. The van der Waals surface area contributed by atoms with E-state index in [1.807, 2.05) is 0 Å². The maximum Gasteiger partial charge on any atom is 0.220 e. The SMILES string of the molecule is Cc1n[nH]c(C)c1C(=O)S. The molecule has 10 heavy (non-hydrogen) atoms. The molecule has 0 aliphatic rings. The van der Waals surface area contributed by atoms with Crippen LogP contribution in [0.5, 0.6) is 0 Å². The Morgan fingerprint density at radius 2 is 2.20 bits per heavy atom. The summed E-state index contributed by atoms with van der Waals surface area (Å²) in [4.78, 5) is 10.8. The predicted octanol–water partition coefficient (Wildman–Crippen LogP) is 1.10. The fraction of sp³-hybridized carbons (Fsp3) is 0.333. The monoisotopic (exact) mass is 156 g/mol. The topological polar surface area (TPSA) is 45.8 Å². The molecule has 0 bridgehead atoms. The summed E-state index contributed by atoms with van der Waals surface area (Å²) in [5.41, 5.74) is 2.07. The van der Waals surface area contributed by atoms with Crippen molar-refractivity contribution in [2.24, 2.45) is 0 Å². The van der Waals surface area contributed by atoms with Crippen LogP contribution in [-0.2, 0) is 0 Å². The molecule has 54 valence electrons. The van der Waals surface area contributed by atoms with E-state index in [1.165, 1.54) is 0 Å². The van der Waals surface area contributed by atoms with Gasteiger partial charge < -0.3 is 0 Å². The highest BCUT2D eigenvalue weighted by Gasteiger charge is 2.10. The smallest absolute Gasteiger partial charge is 0.220 e. The number of thiol groups is 1. The summed E-state index contributed by atoms with van der Waals surface area (Å²) >= 11 is 3.69. The van der Waals surface area contributed by atoms with E-state index in [0.717, 1.165) is 5.69 Å². The molecular weight excluding hydrogens is 148 g/mol. The molecule has 1 aromatic rings. The van der Waals surface area contributed by atoms with Crippen molar-refractivity contribution in [1.82, 2.24) is 10.2 Å². The first-order valence-corrected chi connectivity index (χ1v) is 3.32. The summed E-state index contributed by atoms with van der Waals surface area (Å²) in [6.45, 7) is 3.57. The van der Waals surface area contributed by atoms with E-state index in [0.29, 0.717) is 11.3 Å². The number of carbonyl (C=O) groups excluding carboxylic acids is 1. The Labute approximate surface area is 64.2 Å². The molecule has 0 atom stereocenters. The van der Waals surface area contributed by atoms with Crippen molar-refractivity contribution in [1.29, 1.82) is 0 Å². The highest BCUT2D eigenvalue weighted by atomic mass is 32.1. The van der Waals surface area contributed by atoms with Gasteiger partial charge in [0.15, 0.2) is 0 Å². The minimum Gasteiger partial charge on any atom is -0.282 e. The van der Waals surface area contributed by atoms with Crippen molar-refractivity contribution in [3.63, 3.8) is 0 Å². The van der Waals surface area contributed by atoms with Crippen molar-refractivity contribution in [2.75, 3.05) is 0 Å². The van der Waals surface area contributed by atoms with Crippen LogP contribution in [-0.4, -0.2) is 15.3 Å². The van der Waals surface area contributed by atoms with Crippen LogP contribution < -0.4 is 0 Å². The molecule has 0 aliphatic heterocycles. The molecule has 1 N–H and O–H groups in total. The second-order valence-electron chi connectivity index (χ2n) is 2.11. The zero-order valence-corrected chi connectivity index (χ0v) is 6.70. The maximum absolute atomic E-state index is 10.8. The van der Waals surface area contributed by atoms with E-state index in [1.54, 1.807) is 13.8 Å². The van der Waals surface area contributed by atoms with Gasteiger partial charge in [-0.3, -0.25) is 9.89 Å². The van der Waals surface area contributed by atoms with Crippen molar-refractivity contribution < 1.29 is 4.79 Å². The fourth-order valence-electron chi connectivity index (χ4n) is 0.866. The second kappa shape index (κ2) is 2.46. The molecule has 1 heterocycles. The highest BCUT2D eigenvalue weighted by Crippen LogP contribution is 2.10. The number of nitrogens with one attached hydrogen (secondary N) is 1. The van der Waals surface area contributed by atoms with Gasteiger partial charge in [-0.25, -0.2) is 0 Å². The number of H-pyrrole nitrogens is 1. The first-order valence-electron chi connectivity index (χ1n) is 2.87. The summed E-state index contributed by atoms with van der Waals surface area (Å²) < 4.78 is 0. The normalized spacial score (nSPS) is 9.90. The van der Waals surface area contributed by atoms with Gasteiger partial charge in [0.05, 0.1) is 11.3 Å². The molecule has 1 rings (SSSR count). The van der Waals surface area contributed by atoms with Gasteiger partial charge in [0.25, 0.3) is 0 Å². The summed E-state index contributed by atoms with van der Waals surface area (Å²) in [6, 6.07) is 0. The lowest BCUT2D eigenvalue weighted by Crippen LogP contribution is -1.91. The summed E-state index contributed by atoms with van der Waals surface area (Å²) in [7, 11) is 0. The summed E-state index contributed by atoms with van der Waals surface area (Å²) in [6.07, 6.45) is 0. The number of aromatic amines is 1. The van der Waals surface area contributed by atoms with Gasteiger partial charge in [0.1, 0.15) is 0 Å². The van der Waals surface area contributed by atoms with E-state index < -0.39 is 0 Å². The molecule has 1 aromatic heterocycles. The Morgan fingerprint density at radius 1 is 1.60 bits per heavy atom. The number of hydrogen-bond donors (Lipinski definition) is 2. The summed E-state index contributed by atoms with van der Waals surface area (Å²) in [5.74, 6) is 0. The quantitative estimate of drug-likeness (QED) is 0.598. The van der Waals surface area contributed by atoms with E-state index in [2.05, 4.69) is 22.8 Å². The average molecular weight is 156 g/mol. The van der Waals surface area contributed by atoms with Crippen LogP contribution in [0.1, 0.15) is 21.7 Å². The third-order valence-electron chi connectivity index (χ3n) is 1.34. The number of carbonyl (C=O) groups is 1. The van der Waals surface area contributed by atoms with E-state index >= 15 is 0 Å². The maximum atomic E-state index is 10.8. The van der Waals surface area contributed by atoms with Crippen LogP contribution in [0.4, 0.5) is 0 Å². The van der Waals surface area contributed by atoms with Crippen LogP contribution >= 0.6 is 12.6 Å². The molecule has 0 saturated carbocycles. The van der Waals surface area contributed by atoms with Gasteiger partial charge in [-0.05, 0) is 13.8 Å². The van der Waals surface area contributed by atoms with Gasteiger partial charge >= 0.3 is 0 Å². The number of nitrogens with zero attached hydrogens (tertiary/aromatic N) is 1. The number of rotatable bonds is 1. The predicted molar refractivity (Wildman–Crippen MR) is 41.4 cm³/mol. The van der Waals surface area contributed by atoms with Gasteiger partial charge in [-0.2, -0.15) is 5.10 Å². The van der Waals surface area contributed by atoms with Crippen molar-refractivity contribution in [2.45, 2.75) is 13.8 Å². The van der Waals surface area contributed by atoms with Gasteiger partial charge in [0, 0.05) is 5.69 Å². The van der Waals surface area contributed by atoms with Crippen molar-refractivity contribution >= 4 is 17.7 Å². The Balaban J connectivity index is 3.23. The van der Waals surface area contributed by atoms with E-state index in [9.17, 15) is 4.79 Å². The van der Waals surface area contributed by atoms with Gasteiger partial charge in [-0.1, -0.05) is 0 Å². The number of aromatic nitrogens is 2. The lowest BCUT2D eigenvalue weighted by molar-refractivity contribution is 0.109. The molecule has 0 spiro atoms. The molecule has 0 saturated heterocycles. The third-order valence-corrected chi connectivity index (χ3v) is 1.57. The highest BCUT2D eigenvalue weighted by molar-refractivity contribution is 7.97. The van der Waals surface area contributed by atoms with E-state index in [4.69, 9.17) is 0 Å². The van der Waals surface area contributed by atoms with Gasteiger partial charge in [0.2, 0.25) is 5.12 Å². The van der Waals surface area contributed by atoms with Gasteiger partial charge in [-0.15, -0.1) is 12.6 Å². The molecule has 0 amide bonds. The van der Waals surface area contributed by atoms with Crippen LogP contribution in [0.3, 0.4) is 0 Å². The zero-order valence-electron chi connectivity index (χ0n) is 5.80. The van der Waals surface area contributed by atoms with Crippen LogP contribution in [0.25, 0.3) is 0 Å².